The predicted molar refractivity (Wildman–Crippen MR) is 213 cm³/mol. The third-order valence-electron chi connectivity index (χ3n) is 9.45. The van der Waals surface area contributed by atoms with E-state index in [1.165, 1.54) is 77.0 Å². The molecule has 308 valence electrons. The molecule has 9 nitrogen and oxygen atoms in total. The summed E-state index contributed by atoms with van der Waals surface area (Å²) in [6.45, 7) is 9.10. The van der Waals surface area contributed by atoms with Gasteiger partial charge in [-0.1, -0.05) is 130 Å². The van der Waals surface area contributed by atoms with Gasteiger partial charge in [-0.15, -0.1) is 0 Å². The number of hydrogen-bond acceptors (Lipinski definition) is 9. The maximum Gasteiger partial charge on any atom is 0.332 e. The highest BCUT2D eigenvalue weighted by Gasteiger charge is 2.20. The lowest BCUT2D eigenvalue weighted by atomic mass is 10.0. The molecule has 0 aromatic carbocycles. The number of hydrogen-bond donors (Lipinski definition) is 0. The van der Waals surface area contributed by atoms with Crippen LogP contribution in [0.5, 0.6) is 0 Å². The number of esters is 3. The fraction of sp³-hybridized carbons (Fsp3) is 0.930. The van der Waals surface area contributed by atoms with Gasteiger partial charge < -0.3 is 28.6 Å². The largest absolute Gasteiger partial charge is 0.461 e. The van der Waals surface area contributed by atoms with E-state index in [2.05, 4.69) is 27.7 Å². The summed E-state index contributed by atoms with van der Waals surface area (Å²) < 4.78 is 28.9. The molecule has 0 atom stereocenters. The zero-order valence-corrected chi connectivity index (χ0v) is 34.9. The van der Waals surface area contributed by atoms with E-state index < -0.39 is 18.0 Å². The Morgan fingerprint density at radius 3 is 1.08 bits per heavy atom. The van der Waals surface area contributed by atoms with E-state index >= 15 is 0 Å². The number of ether oxygens (including phenoxy) is 5. The lowest BCUT2D eigenvalue weighted by Gasteiger charge is -2.21. The minimum absolute atomic E-state index is 0.0274. The number of rotatable bonds is 39. The fourth-order valence-corrected chi connectivity index (χ4v) is 6.31. The number of unbranched alkanes of at least 4 members (excludes halogenated alkanes) is 16. The van der Waals surface area contributed by atoms with Gasteiger partial charge in [-0.3, -0.25) is 4.79 Å². The standard InChI is InChI=1S/C43H83NO8/c1-7-11-15-19-23-28-38(29-24-20-16-12-8-2)50-42(46)36-48-34-40(52-41(45)32-27-33-44(5)6)35-49-37-43(47)51-39(30-25-21-17-13-9-3)31-26-22-18-14-10-4/h38-40H,7-37H2,1-6H3. The van der Waals surface area contributed by atoms with Crippen LogP contribution in [0.3, 0.4) is 0 Å². The van der Waals surface area contributed by atoms with Crippen LogP contribution in [0.15, 0.2) is 0 Å². The van der Waals surface area contributed by atoms with Crippen LogP contribution in [0.25, 0.3) is 0 Å². The third-order valence-corrected chi connectivity index (χ3v) is 9.45. The highest BCUT2D eigenvalue weighted by Crippen LogP contribution is 2.18. The second kappa shape index (κ2) is 37.6. The second-order valence-corrected chi connectivity index (χ2v) is 15.1. The molecule has 0 spiro atoms. The number of carbonyl (C=O) groups is 3. The molecule has 0 fully saturated rings. The average molecular weight is 742 g/mol. The van der Waals surface area contributed by atoms with Gasteiger partial charge in [0.2, 0.25) is 0 Å². The molecule has 0 aliphatic carbocycles. The maximum atomic E-state index is 12.8. The van der Waals surface area contributed by atoms with Gasteiger partial charge in [-0.2, -0.15) is 0 Å². The molecule has 0 saturated heterocycles. The summed E-state index contributed by atoms with van der Waals surface area (Å²) >= 11 is 0. The quantitative estimate of drug-likeness (QED) is 0.0346. The van der Waals surface area contributed by atoms with Gasteiger partial charge in [-0.05, 0) is 78.4 Å². The Labute approximate surface area is 320 Å². The van der Waals surface area contributed by atoms with Crippen molar-refractivity contribution in [2.24, 2.45) is 0 Å². The smallest absolute Gasteiger partial charge is 0.332 e. The highest BCUT2D eigenvalue weighted by molar-refractivity contribution is 5.71. The van der Waals surface area contributed by atoms with E-state index in [0.717, 1.165) is 83.6 Å². The predicted octanol–water partition coefficient (Wildman–Crippen LogP) is 10.5. The summed E-state index contributed by atoms with van der Waals surface area (Å²) in [5.74, 6) is -1.16. The monoisotopic (exact) mass is 742 g/mol. The first-order valence-corrected chi connectivity index (χ1v) is 21.6. The summed E-state index contributed by atoms with van der Waals surface area (Å²) in [6.07, 6.45) is 26.9. The lowest BCUT2D eigenvalue weighted by molar-refractivity contribution is -0.164. The lowest BCUT2D eigenvalue weighted by Crippen LogP contribution is -2.32. The Bertz CT molecular complexity index is 743. The minimum Gasteiger partial charge on any atom is -0.461 e. The molecular weight excluding hydrogens is 658 g/mol. The molecule has 0 radical (unpaired) electrons. The average Bonchev–Trinajstić information content (AvgIpc) is 3.10. The zero-order chi connectivity index (χ0) is 38.5. The Hall–Kier alpha value is -1.71. The van der Waals surface area contributed by atoms with E-state index in [1.807, 2.05) is 19.0 Å². The van der Waals surface area contributed by atoms with Crippen LogP contribution < -0.4 is 0 Å². The second-order valence-electron chi connectivity index (χ2n) is 15.1. The van der Waals surface area contributed by atoms with Crippen LogP contribution in [0.1, 0.15) is 195 Å². The van der Waals surface area contributed by atoms with Crippen LogP contribution in [-0.2, 0) is 38.1 Å². The van der Waals surface area contributed by atoms with Crippen molar-refractivity contribution in [2.45, 2.75) is 213 Å². The van der Waals surface area contributed by atoms with E-state index in [1.54, 1.807) is 0 Å². The van der Waals surface area contributed by atoms with Gasteiger partial charge in [0.05, 0.1) is 13.2 Å². The van der Waals surface area contributed by atoms with Crippen LogP contribution in [0, 0.1) is 0 Å². The molecule has 9 heteroatoms. The Morgan fingerprint density at radius 1 is 0.423 bits per heavy atom. The molecule has 0 heterocycles. The first kappa shape index (κ1) is 50.3. The number of nitrogens with zero attached hydrogens (tertiary/aromatic N) is 1. The molecule has 0 aliphatic heterocycles. The van der Waals surface area contributed by atoms with Gasteiger partial charge in [0.15, 0.2) is 0 Å². The van der Waals surface area contributed by atoms with Crippen molar-refractivity contribution >= 4 is 17.9 Å². The maximum absolute atomic E-state index is 12.8. The first-order chi connectivity index (χ1) is 25.2. The summed E-state index contributed by atoms with van der Waals surface area (Å²) in [5.41, 5.74) is 0. The normalized spacial score (nSPS) is 11.7. The Morgan fingerprint density at radius 2 is 0.750 bits per heavy atom. The number of carbonyl (C=O) groups excluding carboxylic acids is 3. The van der Waals surface area contributed by atoms with Crippen LogP contribution in [0.4, 0.5) is 0 Å². The van der Waals surface area contributed by atoms with E-state index in [9.17, 15) is 14.4 Å². The molecule has 0 aliphatic rings. The van der Waals surface area contributed by atoms with Crippen molar-refractivity contribution in [1.82, 2.24) is 4.90 Å². The van der Waals surface area contributed by atoms with Crippen molar-refractivity contribution in [3.05, 3.63) is 0 Å². The van der Waals surface area contributed by atoms with E-state index in [0.29, 0.717) is 6.42 Å². The first-order valence-electron chi connectivity index (χ1n) is 21.6. The van der Waals surface area contributed by atoms with Crippen molar-refractivity contribution < 1.29 is 38.1 Å². The molecule has 0 saturated carbocycles. The molecule has 0 aromatic heterocycles. The molecule has 0 rings (SSSR count). The summed E-state index contributed by atoms with van der Waals surface area (Å²) in [4.78, 5) is 40.3. The third kappa shape index (κ3) is 34.1. The SMILES string of the molecule is CCCCCCCC(CCCCCCC)OC(=O)COCC(COCC(=O)OC(CCCCCCC)CCCCCCC)OC(=O)CCCN(C)C. The van der Waals surface area contributed by atoms with Crippen LogP contribution in [0.2, 0.25) is 0 Å². The topological polar surface area (TPSA) is 101 Å². The molecule has 52 heavy (non-hydrogen) atoms. The van der Waals surface area contributed by atoms with Gasteiger partial charge >= 0.3 is 17.9 Å². The zero-order valence-electron chi connectivity index (χ0n) is 34.9. The van der Waals surface area contributed by atoms with E-state index in [4.69, 9.17) is 23.7 Å². The van der Waals surface area contributed by atoms with Gasteiger partial charge in [0, 0.05) is 6.42 Å². The molecular formula is C43H83NO8. The van der Waals surface area contributed by atoms with Gasteiger partial charge in [0.25, 0.3) is 0 Å². The summed E-state index contributed by atoms with van der Waals surface area (Å²) in [6, 6.07) is 0. The summed E-state index contributed by atoms with van der Waals surface area (Å²) in [7, 11) is 3.92. The van der Waals surface area contributed by atoms with Crippen molar-refractivity contribution in [3.63, 3.8) is 0 Å². The Balaban J connectivity index is 5.06. The molecule has 0 aromatic rings. The van der Waals surface area contributed by atoms with Gasteiger partial charge in [-0.25, -0.2) is 9.59 Å². The molecule has 0 amide bonds. The molecule has 0 N–H and O–H groups in total. The van der Waals surface area contributed by atoms with E-state index in [-0.39, 0.29) is 51.0 Å². The minimum atomic E-state index is -0.756. The van der Waals surface area contributed by atoms with Crippen LogP contribution >= 0.6 is 0 Å². The summed E-state index contributed by atoms with van der Waals surface area (Å²) in [5, 5.41) is 0. The van der Waals surface area contributed by atoms with Gasteiger partial charge in [0.1, 0.15) is 31.5 Å². The molecule has 0 bridgehead atoms. The van der Waals surface area contributed by atoms with Crippen molar-refractivity contribution in [3.8, 4) is 0 Å². The van der Waals surface area contributed by atoms with Crippen molar-refractivity contribution in [1.29, 1.82) is 0 Å². The highest BCUT2D eigenvalue weighted by atomic mass is 16.6. The molecule has 0 unspecified atom stereocenters. The Kier molecular flexibility index (Phi) is 36.4. The van der Waals surface area contributed by atoms with Crippen molar-refractivity contribution in [2.75, 3.05) is 47.1 Å². The van der Waals surface area contributed by atoms with Crippen LogP contribution in [-0.4, -0.2) is 88.2 Å². The fourth-order valence-electron chi connectivity index (χ4n) is 6.31.